The molecule has 1 atom stereocenters. The van der Waals surface area contributed by atoms with Gasteiger partial charge in [-0.2, -0.15) is 4.80 Å². The number of aryl methyl sites for hydroxylation is 3. The molecule has 0 saturated carbocycles. The van der Waals surface area contributed by atoms with Crippen LogP contribution in [0.1, 0.15) is 41.9 Å². The topological polar surface area (TPSA) is 55.6 Å². The second-order valence-electron chi connectivity index (χ2n) is 5.33. The van der Waals surface area contributed by atoms with Gasteiger partial charge in [-0.3, -0.25) is 0 Å². The van der Waals surface area contributed by atoms with Crippen molar-refractivity contribution in [2.45, 2.75) is 39.7 Å². The number of benzene rings is 1. The number of aromatic nitrogens is 4. The summed E-state index contributed by atoms with van der Waals surface area (Å²) in [7, 11) is 1.79. The Morgan fingerprint density at radius 3 is 2.45 bits per heavy atom. The standard InChI is InChI=1S/C15H23N5/c1-5-6-16-14(10-15-17-19-20(4)18-15)13-8-11(2)7-12(3)9-13/h7-9,14,16H,5-6,10H2,1-4H3. The molecule has 1 unspecified atom stereocenters. The molecule has 0 saturated heterocycles. The Kier molecular flexibility index (Phi) is 4.84. The van der Waals surface area contributed by atoms with Gasteiger partial charge in [0.25, 0.3) is 0 Å². The van der Waals surface area contributed by atoms with Crippen LogP contribution in [0.5, 0.6) is 0 Å². The van der Waals surface area contributed by atoms with Crippen LogP contribution in [0.25, 0.3) is 0 Å². The smallest absolute Gasteiger partial charge is 0.176 e. The lowest BCUT2D eigenvalue weighted by Gasteiger charge is -2.18. The van der Waals surface area contributed by atoms with Crippen LogP contribution < -0.4 is 5.32 Å². The molecule has 2 aromatic rings. The van der Waals surface area contributed by atoms with E-state index >= 15 is 0 Å². The minimum Gasteiger partial charge on any atom is -0.310 e. The molecule has 1 aromatic carbocycles. The van der Waals surface area contributed by atoms with Crippen molar-refractivity contribution < 1.29 is 0 Å². The first-order valence-corrected chi connectivity index (χ1v) is 7.13. The molecule has 5 nitrogen and oxygen atoms in total. The van der Waals surface area contributed by atoms with E-state index in [4.69, 9.17) is 0 Å². The molecule has 0 bridgehead atoms. The van der Waals surface area contributed by atoms with E-state index in [1.165, 1.54) is 21.5 Å². The van der Waals surface area contributed by atoms with Crippen LogP contribution >= 0.6 is 0 Å². The van der Waals surface area contributed by atoms with E-state index in [2.05, 4.69) is 59.7 Å². The summed E-state index contributed by atoms with van der Waals surface area (Å²) in [5.41, 5.74) is 3.87. The number of tetrazole rings is 1. The Bertz CT molecular complexity index is 541. The fourth-order valence-corrected chi connectivity index (χ4v) is 2.43. The second-order valence-corrected chi connectivity index (χ2v) is 5.33. The van der Waals surface area contributed by atoms with Crippen LogP contribution in [-0.4, -0.2) is 26.8 Å². The second kappa shape index (κ2) is 6.61. The molecule has 0 aliphatic heterocycles. The molecular weight excluding hydrogens is 250 g/mol. The molecule has 5 heteroatoms. The predicted molar refractivity (Wildman–Crippen MR) is 79.5 cm³/mol. The van der Waals surface area contributed by atoms with E-state index in [1.54, 1.807) is 7.05 Å². The van der Waals surface area contributed by atoms with Gasteiger partial charge in [-0.15, -0.1) is 10.2 Å². The highest BCUT2D eigenvalue weighted by atomic mass is 15.6. The van der Waals surface area contributed by atoms with E-state index in [1.807, 2.05) is 0 Å². The van der Waals surface area contributed by atoms with E-state index in [-0.39, 0.29) is 6.04 Å². The van der Waals surface area contributed by atoms with Crippen LogP contribution in [0.3, 0.4) is 0 Å². The summed E-state index contributed by atoms with van der Waals surface area (Å²) in [6.07, 6.45) is 1.87. The largest absolute Gasteiger partial charge is 0.310 e. The highest BCUT2D eigenvalue weighted by Gasteiger charge is 2.15. The van der Waals surface area contributed by atoms with Crippen molar-refractivity contribution >= 4 is 0 Å². The van der Waals surface area contributed by atoms with Crippen LogP contribution in [0.15, 0.2) is 18.2 Å². The molecule has 0 aliphatic rings. The number of nitrogens with one attached hydrogen (secondary N) is 1. The molecule has 2 rings (SSSR count). The highest BCUT2D eigenvalue weighted by molar-refractivity contribution is 5.31. The van der Waals surface area contributed by atoms with Gasteiger partial charge in [0.2, 0.25) is 0 Å². The lowest BCUT2D eigenvalue weighted by atomic mass is 9.99. The van der Waals surface area contributed by atoms with Gasteiger partial charge in [0.1, 0.15) is 0 Å². The van der Waals surface area contributed by atoms with E-state index in [9.17, 15) is 0 Å². The third kappa shape index (κ3) is 3.87. The molecular formula is C15H23N5. The number of nitrogens with zero attached hydrogens (tertiary/aromatic N) is 4. The average Bonchev–Trinajstić information content (AvgIpc) is 2.79. The summed E-state index contributed by atoms with van der Waals surface area (Å²) in [4.78, 5) is 1.51. The molecule has 1 aromatic heterocycles. The Hall–Kier alpha value is -1.75. The Labute approximate surface area is 120 Å². The fraction of sp³-hybridized carbons (Fsp3) is 0.533. The van der Waals surface area contributed by atoms with Crippen molar-refractivity contribution in [3.8, 4) is 0 Å². The number of rotatable bonds is 6. The van der Waals surface area contributed by atoms with Crippen LogP contribution in [0, 0.1) is 13.8 Å². The zero-order valence-corrected chi connectivity index (χ0v) is 12.7. The van der Waals surface area contributed by atoms with Gasteiger partial charge in [0, 0.05) is 12.5 Å². The summed E-state index contributed by atoms with van der Waals surface area (Å²) in [6, 6.07) is 6.90. The van der Waals surface area contributed by atoms with Crippen molar-refractivity contribution in [1.82, 2.24) is 25.5 Å². The van der Waals surface area contributed by atoms with Crippen LogP contribution in [0.2, 0.25) is 0 Å². The summed E-state index contributed by atoms with van der Waals surface area (Å²) >= 11 is 0. The van der Waals surface area contributed by atoms with Crippen molar-refractivity contribution in [2.24, 2.45) is 7.05 Å². The monoisotopic (exact) mass is 273 g/mol. The first-order valence-electron chi connectivity index (χ1n) is 7.13. The Morgan fingerprint density at radius 2 is 1.90 bits per heavy atom. The first kappa shape index (κ1) is 14.7. The van der Waals surface area contributed by atoms with Gasteiger partial charge in [0.15, 0.2) is 5.82 Å². The average molecular weight is 273 g/mol. The quantitative estimate of drug-likeness (QED) is 0.876. The number of hydrogen-bond donors (Lipinski definition) is 1. The lowest BCUT2D eigenvalue weighted by molar-refractivity contribution is 0.516. The zero-order chi connectivity index (χ0) is 14.5. The van der Waals surface area contributed by atoms with Gasteiger partial charge >= 0.3 is 0 Å². The van der Waals surface area contributed by atoms with E-state index in [0.29, 0.717) is 0 Å². The van der Waals surface area contributed by atoms with Crippen LogP contribution in [0.4, 0.5) is 0 Å². The molecule has 0 amide bonds. The molecule has 0 aliphatic carbocycles. The molecule has 1 N–H and O–H groups in total. The Morgan fingerprint density at radius 1 is 1.20 bits per heavy atom. The van der Waals surface area contributed by atoms with Crippen molar-refractivity contribution in [2.75, 3.05) is 6.54 Å². The zero-order valence-electron chi connectivity index (χ0n) is 12.7. The van der Waals surface area contributed by atoms with E-state index in [0.717, 1.165) is 25.2 Å². The third-order valence-electron chi connectivity index (χ3n) is 3.22. The molecule has 0 spiro atoms. The summed E-state index contributed by atoms with van der Waals surface area (Å²) < 4.78 is 0. The minimum atomic E-state index is 0.234. The number of hydrogen-bond acceptors (Lipinski definition) is 4. The Balaban J connectivity index is 2.21. The normalized spacial score (nSPS) is 12.6. The predicted octanol–water partition coefficient (Wildman–Crippen LogP) is 2.11. The van der Waals surface area contributed by atoms with Gasteiger partial charge in [-0.25, -0.2) is 0 Å². The maximum absolute atomic E-state index is 4.28. The summed E-state index contributed by atoms with van der Waals surface area (Å²) in [5, 5.41) is 15.9. The van der Waals surface area contributed by atoms with Gasteiger partial charge in [-0.05, 0) is 37.6 Å². The van der Waals surface area contributed by atoms with Crippen molar-refractivity contribution in [1.29, 1.82) is 0 Å². The SMILES string of the molecule is CCCNC(Cc1nnn(C)n1)c1cc(C)cc(C)c1. The maximum Gasteiger partial charge on any atom is 0.176 e. The highest BCUT2D eigenvalue weighted by Crippen LogP contribution is 2.20. The van der Waals surface area contributed by atoms with Gasteiger partial charge in [0.05, 0.1) is 7.05 Å². The third-order valence-corrected chi connectivity index (χ3v) is 3.22. The summed E-state index contributed by atoms with van der Waals surface area (Å²) in [5.74, 6) is 0.778. The minimum absolute atomic E-state index is 0.234. The van der Waals surface area contributed by atoms with Crippen molar-refractivity contribution in [3.63, 3.8) is 0 Å². The van der Waals surface area contributed by atoms with E-state index < -0.39 is 0 Å². The molecule has 1 heterocycles. The fourth-order valence-electron chi connectivity index (χ4n) is 2.43. The summed E-state index contributed by atoms with van der Waals surface area (Å²) in [6.45, 7) is 7.42. The molecule has 108 valence electrons. The first-order chi connectivity index (χ1) is 9.58. The lowest BCUT2D eigenvalue weighted by Crippen LogP contribution is -2.24. The molecule has 0 radical (unpaired) electrons. The van der Waals surface area contributed by atoms with Crippen LogP contribution in [-0.2, 0) is 13.5 Å². The van der Waals surface area contributed by atoms with Gasteiger partial charge < -0.3 is 5.32 Å². The maximum atomic E-state index is 4.28. The van der Waals surface area contributed by atoms with Crippen molar-refractivity contribution in [3.05, 3.63) is 40.7 Å². The molecule has 20 heavy (non-hydrogen) atoms. The van der Waals surface area contributed by atoms with Gasteiger partial charge in [-0.1, -0.05) is 36.2 Å². The molecule has 0 fully saturated rings.